The van der Waals surface area contributed by atoms with Gasteiger partial charge in [0.1, 0.15) is 0 Å². The lowest BCUT2D eigenvalue weighted by Gasteiger charge is -2.36. The molecule has 0 bridgehead atoms. The minimum atomic E-state index is 0.369. The van der Waals surface area contributed by atoms with Crippen LogP contribution in [0.4, 0.5) is 0 Å². The maximum atomic E-state index is 5.99. The van der Waals surface area contributed by atoms with Crippen molar-refractivity contribution in [2.24, 2.45) is 17.6 Å². The lowest BCUT2D eigenvalue weighted by atomic mass is 9.96. The van der Waals surface area contributed by atoms with Crippen LogP contribution in [0.1, 0.15) is 20.3 Å². The van der Waals surface area contributed by atoms with Crippen molar-refractivity contribution in [2.75, 3.05) is 33.4 Å². The molecule has 1 heterocycles. The Morgan fingerprint density at radius 2 is 2.21 bits per heavy atom. The van der Waals surface area contributed by atoms with Gasteiger partial charge >= 0.3 is 0 Å². The van der Waals surface area contributed by atoms with Gasteiger partial charge in [0, 0.05) is 39.4 Å². The normalized spacial score (nSPS) is 31.7. The summed E-state index contributed by atoms with van der Waals surface area (Å²) >= 11 is 0. The van der Waals surface area contributed by atoms with E-state index in [2.05, 4.69) is 18.7 Å². The SMILES string of the molecule is COCC(C)CN1CC(C)CC(N)C1. The van der Waals surface area contributed by atoms with E-state index in [0.29, 0.717) is 12.0 Å². The number of hydrogen-bond acceptors (Lipinski definition) is 3. The molecule has 1 fully saturated rings. The van der Waals surface area contributed by atoms with E-state index in [1.54, 1.807) is 7.11 Å². The van der Waals surface area contributed by atoms with Crippen molar-refractivity contribution in [3.05, 3.63) is 0 Å². The van der Waals surface area contributed by atoms with Gasteiger partial charge in [0.15, 0.2) is 0 Å². The molecule has 0 spiro atoms. The highest BCUT2D eigenvalue weighted by Crippen LogP contribution is 2.16. The summed E-state index contributed by atoms with van der Waals surface area (Å²) in [6.07, 6.45) is 1.18. The zero-order valence-electron chi connectivity index (χ0n) is 9.70. The van der Waals surface area contributed by atoms with Gasteiger partial charge in [0.25, 0.3) is 0 Å². The molecule has 3 atom stereocenters. The maximum absolute atomic E-state index is 5.99. The van der Waals surface area contributed by atoms with E-state index in [4.69, 9.17) is 10.5 Å². The molecule has 1 rings (SSSR count). The number of nitrogens with two attached hydrogens (primary N) is 1. The van der Waals surface area contributed by atoms with E-state index in [0.717, 1.165) is 25.6 Å². The van der Waals surface area contributed by atoms with E-state index in [1.165, 1.54) is 13.0 Å². The van der Waals surface area contributed by atoms with Crippen LogP contribution in [0.15, 0.2) is 0 Å². The summed E-state index contributed by atoms with van der Waals surface area (Å²) in [6, 6.07) is 0.369. The lowest BCUT2D eigenvalue weighted by molar-refractivity contribution is 0.102. The van der Waals surface area contributed by atoms with Crippen LogP contribution in [-0.4, -0.2) is 44.3 Å². The van der Waals surface area contributed by atoms with E-state index in [-0.39, 0.29) is 0 Å². The Labute approximate surface area is 87.6 Å². The fraction of sp³-hybridized carbons (Fsp3) is 1.00. The largest absolute Gasteiger partial charge is 0.384 e. The van der Waals surface area contributed by atoms with Gasteiger partial charge in [0.2, 0.25) is 0 Å². The molecule has 0 aliphatic carbocycles. The van der Waals surface area contributed by atoms with Crippen LogP contribution in [0.5, 0.6) is 0 Å². The number of piperidine rings is 1. The van der Waals surface area contributed by atoms with Crippen LogP contribution in [0.25, 0.3) is 0 Å². The molecule has 0 amide bonds. The molecule has 0 saturated carbocycles. The van der Waals surface area contributed by atoms with Crippen molar-refractivity contribution in [3.8, 4) is 0 Å². The number of methoxy groups -OCH3 is 1. The fourth-order valence-electron chi connectivity index (χ4n) is 2.44. The monoisotopic (exact) mass is 200 g/mol. The molecule has 1 aliphatic heterocycles. The van der Waals surface area contributed by atoms with Crippen molar-refractivity contribution in [2.45, 2.75) is 26.3 Å². The number of ether oxygens (including phenoxy) is 1. The fourth-order valence-corrected chi connectivity index (χ4v) is 2.44. The van der Waals surface area contributed by atoms with Crippen LogP contribution in [-0.2, 0) is 4.74 Å². The zero-order valence-corrected chi connectivity index (χ0v) is 9.70. The average Bonchev–Trinajstić information content (AvgIpc) is 2.01. The topological polar surface area (TPSA) is 38.5 Å². The average molecular weight is 200 g/mol. The van der Waals surface area contributed by atoms with Gasteiger partial charge in [-0.1, -0.05) is 13.8 Å². The third-order valence-electron chi connectivity index (χ3n) is 2.79. The highest BCUT2D eigenvalue weighted by molar-refractivity contribution is 4.79. The molecule has 0 aromatic heterocycles. The first-order valence-electron chi connectivity index (χ1n) is 5.58. The Morgan fingerprint density at radius 1 is 1.50 bits per heavy atom. The number of hydrogen-bond donors (Lipinski definition) is 1. The zero-order chi connectivity index (χ0) is 10.6. The minimum absolute atomic E-state index is 0.369. The van der Waals surface area contributed by atoms with E-state index in [9.17, 15) is 0 Å². The molecule has 0 radical (unpaired) electrons. The predicted octanol–water partition coefficient (Wildman–Crippen LogP) is 0.938. The molecule has 84 valence electrons. The van der Waals surface area contributed by atoms with Crippen LogP contribution < -0.4 is 5.73 Å². The van der Waals surface area contributed by atoms with E-state index < -0.39 is 0 Å². The van der Waals surface area contributed by atoms with Crippen molar-refractivity contribution >= 4 is 0 Å². The maximum Gasteiger partial charge on any atom is 0.0500 e. The Morgan fingerprint density at radius 3 is 2.79 bits per heavy atom. The van der Waals surface area contributed by atoms with Crippen molar-refractivity contribution in [3.63, 3.8) is 0 Å². The summed E-state index contributed by atoms with van der Waals surface area (Å²) < 4.78 is 5.14. The van der Waals surface area contributed by atoms with Gasteiger partial charge in [-0.25, -0.2) is 0 Å². The Kier molecular flexibility index (Phi) is 4.85. The third kappa shape index (κ3) is 3.95. The summed E-state index contributed by atoms with van der Waals surface area (Å²) in [5.74, 6) is 1.35. The van der Waals surface area contributed by atoms with Crippen LogP contribution in [0.3, 0.4) is 0 Å². The van der Waals surface area contributed by atoms with Crippen LogP contribution in [0, 0.1) is 11.8 Å². The smallest absolute Gasteiger partial charge is 0.0500 e. The third-order valence-corrected chi connectivity index (χ3v) is 2.79. The summed E-state index contributed by atoms with van der Waals surface area (Å²) in [6.45, 7) is 8.73. The lowest BCUT2D eigenvalue weighted by Crippen LogP contribution is -2.47. The Balaban J connectivity index is 2.29. The molecule has 3 unspecified atom stereocenters. The first kappa shape index (κ1) is 12.0. The van der Waals surface area contributed by atoms with Crippen molar-refractivity contribution in [1.82, 2.24) is 4.90 Å². The van der Waals surface area contributed by atoms with Gasteiger partial charge < -0.3 is 15.4 Å². The molecule has 3 heteroatoms. The summed E-state index contributed by atoms with van der Waals surface area (Å²) in [4.78, 5) is 2.47. The van der Waals surface area contributed by atoms with Crippen molar-refractivity contribution < 1.29 is 4.74 Å². The molecule has 2 N–H and O–H groups in total. The summed E-state index contributed by atoms with van der Waals surface area (Å²) in [7, 11) is 1.76. The first-order chi connectivity index (χ1) is 6.61. The first-order valence-corrected chi connectivity index (χ1v) is 5.58. The molecule has 14 heavy (non-hydrogen) atoms. The highest BCUT2D eigenvalue weighted by Gasteiger charge is 2.22. The van der Waals surface area contributed by atoms with Crippen molar-refractivity contribution in [1.29, 1.82) is 0 Å². The highest BCUT2D eigenvalue weighted by atomic mass is 16.5. The number of nitrogens with zero attached hydrogens (tertiary/aromatic N) is 1. The van der Waals surface area contributed by atoms with Gasteiger partial charge in [-0.3, -0.25) is 0 Å². The molecule has 1 saturated heterocycles. The van der Waals surface area contributed by atoms with E-state index in [1.807, 2.05) is 0 Å². The number of rotatable bonds is 4. The van der Waals surface area contributed by atoms with Gasteiger partial charge in [-0.05, 0) is 18.3 Å². The molecule has 0 aromatic rings. The molecular formula is C11H24N2O. The Hall–Kier alpha value is -0.120. The predicted molar refractivity (Wildman–Crippen MR) is 59.2 cm³/mol. The summed E-state index contributed by atoms with van der Waals surface area (Å²) in [5, 5.41) is 0. The second-order valence-electron chi connectivity index (χ2n) is 4.88. The van der Waals surface area contributed by atoms with Gasteiger partial charge in [-0.15, -0.1) is 0 Å². The minimum Gasteiger partial charge on any atom is -0.384 e. The number of likely N-dealkylation sites (tertiary alicyclic amines) is 1. The standard InChI is InChI=1S/C11H24N2O/c1-9-4-11(12)7-13(5-9)6-10(2)8-14-3/h9-11H,4-8,12H2,1-3H3. The molecule has 1 aliphatic rings. The molecular weight excluding hydrogens is 176 g/mol. The summed E-state index contributed by atoms with van der Waals surface area (Å²) in [5.41, 5.74) is 5.99. The quantitative estimate of drug-likeness (QED) is 0.734. The van der Waals surface area contributed by atoms with Crippen LogP contribution >= 0.6 is 0 Å². The second kappa shape index (κ2) is 5.69. The van der Waals surface area contributed by atoms with Crippen LogP contribution in [0.2, 0.25) is 0 Å². The van der Waals surface area contributed by atoms with Gasteiger partial charge in [-0.2, -0.15) is 0 Å². The Bertz CT molecular complexity index is 153. The van der Waals surface area contributed by atoms with E-state index >= 15 is 0 Å². The second-order valence-corrected chi connectivity index (χ2v) is 4.88. The van der Waals surface area contributed by atoms with Gasteiger partial charge in [0.05, 0.1) is 0 Å². The molecule has 3 nitrogen and oxygen atoms in total. The molecule has 0 aromatic carbocycles.